The van der Waals surface area contributed by atoms with E-state index < -0.39 is 5.97 Å². The van der Waals surface area contributed by atoms with Gasteiger partial charge in [-0.05, 0) is 42.0 Å². The number of carbonyl (C=O) groups excluding carboxylic acids is 1. The van der Waals surface area contributed by atoms with Crippen LogP contribution < -0.4 is 10.1 Å². The molecule has 0 spiro atoms. The minimum absolute atomic E-state index is 0.0830. The average Bonchev–Trinajstić information content (AvgIpc) is 2.52. The van der Waals surface area contributed by atoms with Crippen molar-refractivity contribution in [2.24, 2.45) is 0 Å². The van der Waals surface area contributed by atoms with Crippen molar-refractivity contribution in [2.45, 2.75) is 6.54 Å². The summed E-state index contributed by atoms with van der Waals surface area (Å²) in [5.41, 5.74) is 2.14. The van der Waals surface area contributed by atoms with Crippen LogP contribution in [0.25, 0.3) is 0 Å². The second-order valence-corrected chi connectivity index (χ2v) is 4.10. The molecule has 0 amide bonds. The Morgan fingerprint density at radius 1 is 1.15 bits per heavy atom. The molecule has 1 aromatic carbocycles. The van der Waals surface area contributed by atoms with Gasteiger partial charge in [-0.1, -0.05) is 0 Å². The van der Waals surface area contributed by atoms with Crippen LogP contribution in [-0.2, 0) is 16.1 Å². The fraction of sp³-hybridized carbons (Fsp3) is 0.200. The first-order valence-electron chi connectivity index (χ1n) is 6.20. The number of methoxy groups -OCH3 is 1. The van der Waals surface area contributed by atoms with Crippen molar-refractivity contribution < 1.29 is 14.3 Å². The Labute approximate surface area is 117 Å². The molecule has 0 aliphatic carbocycles. The third-order valence-electron chi connectivity index (χ3n) is 2.68. The van der Waals surface area contributed by atoms with Gasteiger partial charge in [0.05, 0.1) is 7.11 Å². The van der Waals surface area contributed by atoms with Gasteiger partial charge in [-0.15, -0.1) is 0 Å². The fourth-order valence-electron chi connectivity index (χ4n) is 1.57. The topological polar surface area (TPSA) is 60.5 Å². The zero-order valence-corrected chi connectivity index (χ0v) is 11.2. The molecule has 0 atom stereocenters. The molecule has 0 aliphatic heterocycles. The summed E-state index contributed by atoms with van der Waals surface area (Å²) in [6.07, 6.45) is 3.53. The van der Waals surface area contributed by atoms with E-state index in [9.17, 15) is 4.79 Å². The SMILES string of the molecule is COC(=O)COc1ccc(NCc2ccncc2)cc1. The average molecular weight is 272 g/mol. The first kappa shape index (κ1) is 13.9. The second-order valence-electron chi connectivity index (χ2n) is 4.10. The minimum atomic E-state index is -0.398. The van der Waals surface area contributed by atoms with E-state index in [0.717, 1.165) is 17.8 Å². The van der Waals surface area contributed by atoms with Crippen molar-refractivity contribution in [3.05, 3.63) is 54.4 Å². The number of nitrogens with one attached hydrogen (secondary N) is 1. The normalized spacial score (nSPS) is 9.85. The van der Waals surface area contributed by atoms with Gasteiger partial charge in [-0.3, -0.25) is 4.98 Å². The summed E-state index contributed by atoms with van der Waals surface area (Å²) >= 11 is 0. The monoisotopic (exact) mass is 272 g/mol. The van der Waals surface area contributed by atoms with E-state index in [-0.39, 0.29) is 6.61 Å². The Morgan fingerprint density at radius 3 is 2.50 bits per heavy atom. The highest BCUT2D eigenvalue weighted by atomic mass is 16.6. The molecule has 1 aromatic heterocycles. The number of hydrogen-bond acceptors (Lipinski definition) is 5. The second kappa shape index (κ2) is 7.13. The predicted octanol–water partition coefficient (Wildman–Crippen LogP) is 2.25. The molecule has 1 heterocycles. The molecule has 2 rings (SSSR count). The van der Waals surface area contributed by atoms with Crippen LogP contribution in [0, 0.1) is 0 Å². The first-order chi connectivity index (χ1) is 9.78. The Hall–Kier alpha value is -2.56. The van der Waals surface area contributed by atoms with Gasteiger partial charge < -0.3 is 14.8 Å². The van der Waals surface area contributed by atoms with Crippen molar-refractivity contribution in [2.75, 3.05) is 19.0 Å². The number of pyridine rings is 1. The third kappa shape index (κ3) is 4.28. The van der Waals surface area contributed by atoms with Crippen LogP contribution in [0.4, 0.5) is 5.69 Å². The molecule has 0 saturated heterocycles. The Bertz CT molecular complexity index is 541. The van der Waals surface area contributed by atoms with E-state index in [4.69, 9.17) is 4.74 Å². The molecular weight excluding hydrogens is 256 g/mol. The summed E-state index contributed by atoms with van der Waals surface area (Å²) < 4.78 is 9.77. The molecule has 0 radical (unpaired) electrons. The number of nitrogens with zero attached hydrogens (tertiary/aromatic N) is 1. The molecule has 20 heavy (non-hydrogen) atoms. The van der Waals surface area contributed by atoms with Gasteiger partial charge >= 0.3 is 5.97 Å². The summed E-state index contributed by atoms with van der Waals surface area (Å²) in [7, 11) is 1.33. The molecule has 5 nitrogen and oxygen atoms in total. The lowest BCUT2D eigenvalue weighted by Crippen LogP contribution is -2.12. The highest BCUT2D eigenvalue weighted by molar-refractivity contribution is 5.70. The number of carbonyl (C=O) groups is 1. The molecule has 5 heteroatoms. The summed E-state index contributed by atoms with van der Waals surface area (Å²) in [5, 5.41) is 3.29. The lowest BCUT2D eigenvalue weighted by molar-refractivity contribution is -0.142. The molecule has 2 aromatic rings. The molecule has 0 saturated carbocycles. The molecule has 0 fully saturated rings. The fourth-order valence-corrected chi connectivity index (χ4v) is 1.57. The molecule has 0 aliphatic rings. The zero-order chi connectivity index (χ0) is 14.2. The van der Waals surface area contributed by atoms with E-state index in [1.165, 1.54) is 7.11 Å². The Kier molecular flexibility index (Phi) is 4.94. The number of hydrogen-bond donors (Lipinski definition) is 1. The standard InChI is InChI=1S/C15H16N2O3/c1-19-15(18)11-20-14-4-2-13(3-5-14)17-10-12-6-8-16-9-7-12/h2-9,17H,10-11H2,1H3. The quantitative estimate of drug-likeness (QED) is 0.817. The summed E-state index contributed by atoms with van der Waals surface area (Å²) in [4.78, 5) is 14.9. The van der Waals surface area contributed by atoms with Gasteiger partial charge in [-0.25, -0.2) is 4.79 Å². The largest absolute Gasteiger partial charge is 0.482 e. The van der Waals surface area contributed by atoms with Crippen LogP contribution in [0.1, 0.15) is 5.56 Å². The highest BCUT2D eigenvalue weighted by Crippen LogP contribution is 2.16. The molecule has 0 unspecified atom stereocenters. The van der Waals surface area contributed by atoms with Crippen LogP contribution in [0.3, 0.4) is 0 Å². The Morgan fingerprint density at radius 2 is 1.85 bits per heavy atom. The minimum Gasteiger partial charge on any atom is -0.482 e. The van der Waals surface area contributed by atoms with Crippen molar-refractivity contribution in [3.8, 4) is 5.75 Å². The van der Waals surface area contributed by atoms with Crippen molar-refractivity contribution in [1.82, 2.24) is 4.98 Å². The summed E-state index contributed by atoms with van der Waals surface area (Å²) in [5.74, 6) is 0.231. The number of ether oxygens (including phenoxy) is 2. The van der Waals surface area contributed by atoms with Gasteiger partial charge in [0.2, 0.25) is 0 Å². The number of aromatic nitrogens is 1. The molecule has 1 N–H and O–H groups in total. The highest BCUT2D eigenvalue weighted by Gasteiger charge is 2.01. The van der Waals surface area contributed by atoms with Crippen molar-refractivity contribution in [3.63, 3.8) is 0 Å². The van der Waals surface area contributed by atoms with Gasteiger partial charge in [0.1, 0.15) is 5.75 Å². The lowest BCUT2D eigenvalue weighted by atomic mass is 10.2. The van der Waals surface area contributed by atoms with Crippen molar-refractivity contribution >= 4 is 11.7 Å². The van der Waals surface area contributed by atoms with E-state index in [1.807, 2.05) is 24.3 Å². The summed E-state index contributed by atoms with van der Waals surface area (Å²) in [6, 6.07) is 11.3. The van der Waals surface area contributed by atoms with Gasteiger partial charge in [0.15, 0.2) is 6.61 Å². The number of esters is 1. The lowest BCUT2D eigenvalue weighted by Gasteiger charge is -2.08. The smallest absolute Gasteiger partial charge is 0.343 e. The van der Waals surface area contributed by atoms with E-state index >= 15 is 0 Å². The van der Waals surface area contributed by atoms with Crippen LogP contribution in [0.5, 0.6) is 5.75 Å². The van der Waals surface area contributed by atoms with Gasteiger partial charge in [0, 0.05) is 24.6 Å². The molecule has 0 bridgehead atoms. The van der Waals surface area contributed by atoms with Gasteiger partial charge in [0.25, 0.3) is 0 Å². The van der Waals surface area contributed by atoms with Gasteiger partial charge in [-0.2, -0.15) is 0 Å². The van der Waals surface area contributed by atoms with Crippen LogP contribution in [0.2, 0.25) is 0 Å². The maximum atomic E-state index is 10.9. The van der Waals surface area contributed by atoms with Crippen LogP contribution >= 0.6 is 0 Å². The maximum absolute atomic E-state index is 10.9. The number of rotatable bonds is 6. The maximum Gasteiger partial charge on any atom is 0.343 e. The van der Waals surface area contributed by atoms with Crippen LogP contribution in [-0.4, -0.2) is 24.7 Å². The van der Waals surface area contributed by atoms with E-state index in [0.29, 0.717) is 5.75 Å². The predicted molar refractivity (Wildman–Crippen MR) is 75.5 cm³/mol. The van der Waals surface area contributed by atoms with Crippen molar-refractivity contribution in [1.29, 1.82) is 0 Å². The van der Waals surface area contributed by atoms with E-state index in [2.05, 4.69) is 15.0 Å². The third-order valence-corrected chi connectivity index (χ3v) is 2.68. The molecule has 104 valence electrons. The number of benzene rings is 1. The first-order valence-corrected chi connectivity index (χ1v) is 6.20. The Balaban J connectivity index is 1.84. The summed E-state index contributed by atoms with van der Waals surface area (Å²) in [6.45, 7) is 0.644. The number of anilines is 1. The zero-order valence-electron chi connectivity index (χ0n) is 11.2. The molecular formula is C15H16N2O3. The van der Waals surface area contributed by atoms with Crippen LogP contribution in [0.15, 0.2) is 48.8 Å². The van der Waals surface area contributed by atoms with E-state index in [1.54, 1.807) is 24.5 Å².